The van der Waals surface area contributed by atoms with Crippen LogP contribution in [0, 0.1) is 6.92 Å². The fraction of sp³-hybridized carbons (Fsp3) is 0.105. The van der Waals surface area contributed by atoms with Crippen LogP contribution in [-0.2, 0) is 16.6 Å². The minimum Gasteiger partial charge on any atom is -0.265 e. The maximum Gasteiger partial charge on any atom is 0.240 e. The van der Waals surface area contributed by atoms with Crippen molar-refractivity contribution in [2.75, 3.05) is 0 Å². The second-order valence-electron chi connectivity index (χ2n) is 5.73. The Kier molecular flexibility index (Phi) is 5.18. The van der Waals surface area contributed by atoms with E-state index in [0.29, 0.717) is 5.02 Å². The number of rotatable bonds is 5. The lowest BCUT2D eigenvalue weighted by molar-refractivity contribution is 0.581. The zero-order chi connectivity index (χ0) is 17.9. The molecule has 128 valence electrons. The van der Waals surface area contributed by atoms with E-state index >= 15 is 0 Å². The van der Waals surface area contributed by atoms with Crippen molar-refractivity contribution in [3.63, 3.8) is 0 Å². The number of aryl methyl sites for hydroxylation is 1. The van der Waals surface area contributed by atoms with Crippen LogP contribution in [-0.4, -0.2) is 13.4 Å². The lowest BCUT2D eigenvalue weighted by atomic mass is 10.0. The lowest BCUT2D eigenvalue weighted by Crippen LogP contribution is -2.23. The molecular weight excluding hydrogens is 356 g/mol. The predicted octanol–water partition coefficient (Wildman–Crippen LogP) is 4.19. The molecule has 3 aromatic rings. The molecule has 0 saturated carbocycles. The number of nitrogens with one attached hydrogen (secondary N) is 1. The first kappa shape index (κ1) is 17.6. The van der Waals surface area contributed by atoms with Gasteiger partial charge in [0, 0.05) is 24.0 Å². The van der Waals surface area contributed by atoms with Crippen molar-refractivity contribution >= 4 is 21.6 Å². The summed E-state index contributed by atoms with van der Waals surface area (Å²) in [4.78, 5) is 4.25. The molecule has 3 rings (SSSR count). The summed E-state index contributed by atoms with van der Waals surface area (Å²) in [5.74, 6) is 0. The van der Waals surface area contributed by atoms with E-state index in [1.54, 1.807) is 36.7 Å². The van der Waals surface area contributed by atoms with Crippen LogP contribution in [0.4, 0.5) is 0 Å². The standard InChI is InChI=1S/C19H17ClN2O2S/c1-14-3-2-4-19(9-14)25(23,24)22-13-15-10-17(12-18(20)11-15)16-5-7-21-8-6-16/h2-12,22H,13H2,1H3. The Morgan fingerprint density at radius 3 is 2.48 bits per heavy atom. The van der Waals surface area contributed by atoms with Gasteiger partial charge in [-0.25, -0.2) is 13.1 Å². The Hall–Kier alpha value is -2.21. The zero-order valence-corrected chi connectivity index (χ0v) is 15.2. The molecule has 2 aromatic carbocycles. The number of hydrogen-bond acceptors (Lipinski definition) is 3. The van der Waals surface area contributed by atoms with Gasteiger partial charge < -0.3 is 0 Å². The third kappa shape index (κ3) is 4.45. The van der Waals surface area contributed by atoms with E-state index in [1.165, 1.54) is 0 Å². The molecule has 25 heavy (non-hydrogen) atoms. The molecule has 0 aliphatic rings. The highest BCUT2D eigenvalue weighted by Gasteiger charge is 2.14. The van der Waals surface area contributed by atoms with Crippen LogP contribution in [0.25, 0.3) is 11.1 Å². The summed E-state index contributed by atoms with van der Waals surface area (Å²) in [7, 11) is -3.57. The zero-order valence-electron chi connectivity index (χ0n) is 13.6. The minimum atomic E-state index is -3.57. The summed E-state index contributed by atoms with van der Waals surface area (Å²) in [6.07, 6.45) is 3.41. The highest BCUT2D eigenvalue weighted by Crippen LogP contribution is 2.24. The molecule has 0 radical (unpaired) electrons. The minimum absolute atomic E-state index is 0.162. The molecule has 1 heterocycles. The smallest absolute Gasteiger partial charge is 0.240 e. The van der Waals surface area contributed by atoms with Crippen molar-refractivity contribution in [1.29, 1.82) is 0 Å². The molecule has 0 unspecified atom stereocenters. The van der Waals surface area contributed by atoms with Crippen LogP contribution in [0.15, 0.2) is 71.9 Å². The van der Waals surface area contributed by atoms with E-state index in [0.717, 1.165) is 22.3 Å². The SMILES string of the molecule is Cc1cccc(S(=O)(=O)NCc2cc(Cl)cc(-c3ccncc3)c2)c1. The van der Waals surface area contributed by atoms with Gasteiger partial charge in [-0.05, 0) is 71.6 Å². The van der Waals surface area contributed by atoms with Gasteiger partial charge in [0.1, 0.15) is 0 Å². The van der Waals surface area contributed by atoms with Gasteiger partial charge in [0.25, 0.3) is 0 Å². The third-order valence-electron chi connectivity index (χ3n) is 3.74. The van der Waals surface area contributed by atoms with E-state index in [-0.39, 0.29) is 11.4 Å². The molecule has 1 aromatic heterocycles. The fourth-order valence-electron chi connectivity index (χ4n) is 2.51. The number of sulfonamides is 1. The molecule has 6 heteroatoms. The van der Waals surface area contributed by atoms with Gasteiger partial charge in [-0.1, -0.05) is 23.7 Å². The fourth-order valence-corrected chi connectivity index (χ4v) is 3.89. The number of halogens is 1. The Balaban J connectivity index is 1.83. The molecule has 0 aliphatic heterocycles. The second-order valence-corrected chi connectivity index (χ2v) is 7.93. The van der Waals surface area contributed by atoms with Gasteiger partial charge in [0.2, 0.25) is 10.0 Å². The summed E-state index contributed by atoms with van der Waals surface area (Å²) in [5.41, 5.74) is 3.57. The lowest BCUT2D eigenvalue weighted by Gasteiger charge is -2.10. The molecule has 4 nitrogen and oxygen atoms in total. The summed E-state index contributed by atoms with van der Waals surface area (Å²) < 4.78 is 27.5. The van der Waals surface area contributed by atoms with Crippen molar-refractivity contribution < 1.29 is 8.42 Å². The molecule has 0 bridgehead atoms. The van der Waals surface area contributed by atoms with Crippen LogP contribution in [0.1, 0.15) is 11.1 Å². The van der Waals surface area contributed by atoms with Gasteiger partial charge in [-0.3, -0.25) is 4.98 Å². The Morgan fingerprint density at radius 1 is 1.00 bits per heavy atom. The summed E-state index contributed by atoms with van der Waals surface area (Å²) in [6.45, 7) is 2.02. The maximum atomic E-state index is 12.4. The quantitative estimate of drug-likeness (QED) is 0.730. The Bertz CT molecular complexity index is 989. The molecule has 0 saturated heterocycles. The van der Waals surface area contributed by atoms with E-state index in [2.05, 4.69) is 9.71 Å². The van der Waals surface area contributed by atoms with Crippen LogP contribution in [0.3, 0.4) is 0 Å². The number of aromatic nitrogens is 1. The van der Waals surface area contributed by atoms with Crippen molar-refractivity contribution in [1.82, 2.24) is 9.71 Å². The molecule has 1 N–H and O–H groups in total. The van der Waals surface area contributed by atoms with E-state index in [4.69, 9.17) is 11.6 Å². The molecule has 0 aliphatic carbocycles. The average molecular weight is 373 g/mol. The van der Waals surface area contributed by atoms with E-state index in [1.807, 2.05) is 37.3 Å². The summed E-state index contributed by atoms with van der Waals surface area (Å²) >= 11 is 6.19. The molecule has 0 fully saturated rings. The second kappa shape index (κ2) is 7.35. The van der Waals surface area contributed by atoms with Gasteiger partial charge in [0.15, 0.2) is 0 Å². The van der Waals surface area contributed by atoms with Gasteiger partial charge in [0.05, 0.1) is 4.90 Å². The summed E-state index contributed by atoms with van der Waals surface area (Å²) in [6, 6.07) is 16.1. The number of hydrogen-bond donors (Lipinski definition) is 1. The first-order valence-corrected chi connectivity index (χ1v) is 9.56. The number of pyridine rings is 1. The van der Waals surface area contributed by atoms with Crippen LogP contribution >= 0.6 is 11.6 Å². The highest BCUT2D eigenvalue weighted by molar-refractivity contribution is 7.89. The topological polar surface area (TPSA) is 59.1 Å². The number of benzene rings is 2. The van der Waals surface area contributed by atoms with Gasteiger partial charge >= 0.3 is 0 Å². The predicted molar refractivity (Wildman–Crippen MR) is 99.9 cm³/mol. The van der Waals surface area contributed by atoms with E-state index in [9.17, 15) is 8.42 Å². The monoisotopic (exact) mass is 372 g/mol. The molecule has 0 spiro atoms. The average Bonchev–Trinajstić information content (AvgIpc) is 2.60. The summed E-state index contributed by atoms with van der Waals surface area (Å²) in [5, 5.41) is 0.555. The first-order valence-electron chi connectivity index (χ1n) is 7.70. The molecular formula is C19H17ClN2O2S. The largest absolute Gasteiger partial charge is 0.265 e. The number of nitrogens with zero attached hydrogens (tertiary/aromatic N) is 1. The van der Waals surface area contributed by atoms with E-state index < -0.39 is 10.0 Å². The first-order chi connectivity index (χ1) is 11.9. The van der Waals surface area contributed by atoms with Crippen LogP contribution in [0.2, 0.25) is 5.02 Å². The van der Waals surface area contributed by atoms with Gasteiger partial charge in [-0.2, -0.15) is 0 Å². The Morgan fingerprint density at radius 2 is 1.76 bits per heavy atom. The van der Waals surface area contributed by atoms with Crippen molar-refractivity contribution in [3.05, 3.63) is 83.1 Å². The highest BCUT2D eigenvalue weighted by atomic mass is 35.5. The third-order valence-corrected chi connectivity index (χ3v) is 5.35. The Labute approximate surface area is 152 Å². The van der Waals surface area contributed by atoms with Crippen LogP contribution in [0.5, 0.6) is 0 Å². The normalized spacial score (nSPS) is 11.4. The van der Waals surface area contributed by atoms with Crippen molar-refractivity contribution in [3.8, 4) is 11.1 Å². The van der Waals surface area contributed by atoms with Gasteiger partial charge in [-0.15, -0.1) is 0 Å². The maximum absolute atomic E-state index is 12.4. The molecule has 0 amide bonds. The molecule has 0 atom stereocenters. The van der Waals surface area contributed by atoms with Crippen LogP contribution < -0.4 is 4.72 Å². The van der Waals surface area contributed by atoms with Crippen molar-refractivity contribution in [2.24, 2.45) is 0 Å². The van der Waals surface area contributed by atoms with Crippen molar-refractivity contribution in [2.45, 2.75) is 18.4 Å².